The number of rotatable bonds is 2. The third-order valence-electron chi connectivity index (χ3n) is 2.42. The van der Waals surface area contributed by atoms with Crippen molar-refractivity contribution in [1.29, 1.82) is 0 Å². The third kappa shape index (κ3) is 2.87. The van der Waals surface area contributed by atoms with E-state index in [1.54, 1.807) is 0 Å². The Morgan fingerprint density at radius 2 is 1.74 bits per heavy atom. The molecule has 0 amide bonds. The van der Waals surface area contributed by atoms with E-state index in [1.165, 1.54) is 12.4 Å². The summed E-state index contributed by atoms with van der Waals surface area (Å²) in [6.07, 6.45) is -2.27. The van der Waals surface area contributed by atoms with E-state index >= 15 is 0 Å². The minimum atomic E-state index is -4.70. The van der Waals surface area contributed by atoms with Gasteiger partial charge in [0.25, 0.3) is 0 Å². The molecule has 1 aromatic carbocycles. The summed E-state index contributed by atoms with van der Waals surface area (Å²) >= 11 is 0. The average Bonchev–Trinajstić information content (AvgIpc) is 2.38. The molecule has 0 aliphatic rings. The van der Waals surface area contributed by atoms with Crippen LogP contribution in [0.4, 0.5) is 17.6 Å². The number of benzene rings is 1. The molecule has 3 nitrogen and oxygen atoms in total. The summed E-state index contributed by atoms with van der Waals surface area (Å²) < 4.78 is 51.3. The van der Waals surface area contributed by atoms with Gasteiger partial charge in [-0.1, -0.05) is 0 Å². The maximum absolute atomic E-state index is 12.9. The zero-order valence-electron chi connectivity index (χ0n) is 9.45. The molecule has 1 heterocycles. The van der Waals surface area contributed by atoms with Crippen LogP contribution in [0, 0.1) is 5.82 Å². The van der Waals surface area contributed by atoms with Gasteiger partial charge in [-0.3, -0.25) is 0 Å². The van der Waals surface area contributed by atoms with Crippen LogP contribution in [-0.2, 0) is 12.8 Å². The number of hydrogen-bond donors (Lipinski definition) is 1. The lowest BCUT2D eigenvalue weighted by Gasteiger charge is -2.12. The molecule has 0 spiro atoms. The molecule has 1 N–H and O–H groups in total. The topological polar surface area (TPSA) is 46.0 Å². The van der Waals surface area contributed by atoms with Crippen molar-refractivity contribution in [3.8, 4) is 11.4 Å². The van der Waals surface area contributed by atoms with Gasteiger partial charge < -0.3 is 5.11 Å². The van der Waals surface area contributed by atoms with E-state index in [4.69, 9.17) is 5.11 Å². The fourth-order valence-electron chi connectivity index (χ4n) is 1.52. The van der Waals surface area contributed by atoms with E-state index in [2.05, 4.69) is 9.97 Å². The molecule has 2 aromatic rings. The summed E-state index contributed by atoms with van der Waals surface area (Å²) in [6, 6.07) is 2.29. The van der Waals surface area contributed by atoms with Crippen molar-refractivity contribution in [3.63, 3.8) is 0 Å². The highest BCUT2D eigenvalue weighted by Gasteiger charge is 2.34. The van der Waals surface area contributed by atoms with Gasteiger partial charge >= 0.3 is 6.18 Å². The lowest BCUT2D eigenvalue weighted by atomic mass is 10.1. The maximum Gasteiger partial charge on any atom is 0.417 e. The lowest BCUT2D eigenvalue weighted by molar-refractivity contribution is -0.137. The molecule has 0 saturated heterocycles. The van der Waals surface area contributed by atoms with Crippen LogP contribution < -0.4 is 0 Å². The van der Waals surface area contributed by atoms with Crippen molar-refractivity contribution < 1.29 is 22.7 Å². The second kappa shape index (κ2) is 4.93. The largest absolute Gasteiger partial charge is 0.417 e. The van der Waals surface area contributed by atoms with Crippen LogP contribution in [0.5, 0.6) is 0 Å². The molecule has 0 unspecified atom stereocenters. The summed E-state index contributed by atoms with van der Waals surface area (Å²) in [4.78, 5) is 7.46. The molecular formula is C12H8F4N2O. The van der Waals surface area contributed by atoms with Crippen LogP contribution in [0.15, 0.2) is 30.6 Å². The van der Waals surface area contributed by atoms with Crippen molar-refractivity contribution in [3.05, 3.63) is 47.5 Å². The fraction of sp³-hybridized carbons (Fsp3) is 0.167. The van der Waals surface area contributed by atoms with E-state index in [-0.39, 0.29) is 18.0 Å². The van der Waals surface area contributed by atoms with Gasteiger partial charge in [0, 0.05) is 23.5 Å². The van der Waals surface area contributed by atoms with Crippen LogP contribution in [-0.4, -0.2) is 15.1 Å². The molecule has 1 aromatic heterocycles. The van der Waals surface area contributed by atoms with Crippen LogP contribution in [0.1, 0.15) is 11.1 Å². The first-order chi connectivity index (χ1) is 8.91. The summed E-state index contributed by atoms with van der Waals surface area (Å²) in [5.74, 6) is -1.16. The lowest BCUT2D eigenvalue weighted by Crippen LogP contribution is -2.09. The first kappa shape index (κ1) is 13.4. The predicted octanol–water partition coefficient (Wildman–Crippen LogP) is 2.79. The number of aromatic nitrogens is 2. The van der Waals surface area contributed by atoms with E-state index in [0.29, 0.717) is 11.6 Å². The summed E-state index contributed by atoms with van der Waals surface area (Å²) in [5, 5.41) is 8.81. The van der Waals surface area contributed by atoms with Crippen molar-refractivity contribution in [1.82, 2.24) is 9.97 Å². The van der Waals surface area contributed by atoms with Crippen LogP contribution in [0.2, 0.25) is 0 Å². The van der Waals surface area contributed by atoms with Crippen molar-refractivity contribution in [2.75, 3.05) is 0 Å². The molecular weight excluding hydrogens is 264 g/mol. The zero-order chi connectivity index (χ0) is 14.0. The highest BCUT2D eigenvalue weighted by Crippen LogP contribution is 2.36. The molecule has 0 aliphatic heterocycles. The maximum atomic E-state index is 12.9. The highest BCUT2D eigenvalue weighted by atomic mass is 19.4. The quantitative estimate of drug-likeness (QED) is 0.855. The van der Waals surface area contributed by atoms with Gasteiger partial charge in [0.05, 0.1) is 12.2 Å². The molecule has 2 rings (SSSR count). The molecule has 0 atom stereocenters. The standard InChI is InChI=1S/C12H8F4N2O/c13-8-1-2-9(10(3-8)12(14,15)16)11-17-4-7(6-19)5-18-11/h1-5,19H,6H2. The van der Waals surface area contributed by atoms with Gasteiger partial charge in [-0.15, -0.1) is 0 Å². The zero-order valence-corrected chi connectivity index (χ0v) is 9.45. The molecule has 0 aliphatic carbocycles. The van der Waals surface area contributed by atoms with Gasteiger partial charge in [-0.05, 0) is 18.2 Å². The third-order valence-corrected chi connectivity index (χ3v) is 2.42. The second-order valence-electron chi connectivity index (χ2n) is 3.76. The molecule has 7 heteroatoms. The van der Waals surface area contributed by atoms with Crippen molar-refractivity contribution >= 4 is 0 Å². The molecule has 0 bridgehead atoms. The SMILES string of the molecule is OCc1cnc(-c2ccc(F)cc2C(F)(F)F)nc1. The summed E-state index contributed by atoms with van der Waals surface area (Å²) in [7, 11) is 0. The molecule has 0 radical (unpaired) electrons. The van der Waals surface area contributed by atoms with Gasteiger partial charge in [0.1, 0.15) is 5.82 Å². The Bertz CT molecular complexity index is 581. The Kier molecular flexibility index (Phi) is 3.48. The van der Waals surface area contributed by atoms with Crippen molar-refractivity contribution in [2.24, 2.45) is 0 Å². The van der Waals surface area contributed by atoms with Crippen molar-refractivity contribution in [2.45, 2.75) is 12.8 Å². The smallest absolute Gasteiger partial charge is 0.392 e. The van der Waals surface area contributed by atoms with Crippen LogP contribution in [0.25, 0.3) is 11.4 Å². The Labute approximate surface area is 105 Å². The molecule has 0 saturated carbocycles. The number of hydrogen-bond acceptors (Lipinski definition) is 3. The predicted molar refractivity (Wildman–Crippen MR) is 58.4 cm³/mol. The number of nitrogens with zero attached hydrogens (tertiary/aromatic N) is 2. The number of halogens is 4. The molecule has 0 fully saturated rings. The summed E-state index contributed by atoms with van der Waals surface area (Å²) in [6.45, 7) is -0.310. The first-order valence-electron chi connectivity index (χ1n) is 5.20. The minimum Gasteiger partial charge on any atom is -0.392 e. The van der Waals surface area contributed by atoms with Crippen LogP contribution >= 0.6 is 0 Å². The van der Waals surface area contributed by atoms with Gasteiger partial charge in [0.2, 0.25) is 0 Å². The summed E-state index contributed by atoms with van der Waals surface area (Å²) in [5.41, 5.74) is -1.07. The van der Waals surface area contributed by atoms with Gasteiger partial charge in [-0.2, -0.15) is 13.2 Å². The first-order valence-corrected chi connectivity index (χ1v) is 5.20. The Balaban J connectivity index is 2.54. The Hall–Kier alpha value is -2.02. The Morgan fingerprint density at radius 3 is 2.26 bits per heavy atom. The highest BCUT2D eigenvalue weighted by molar-refractivity contribution is 5.61. The van der Waals surface area contributed by atoms with E-state index in [1.807, 2.05) is 0 Å². The number of aliphatic hydroxyl groups is 1. The molecule has 100 valence electrons. The number of aliphatic hydroxyl groups excluding tert-OH is 1. The van der Waals surface area contributed by atoms with Gasteiger partial charge in [0.15, 0.2) is 5.82 Å². The van der Waals surface area contributed by atoms with E-state index in [9.17, 15) is 17.6 Å². The monoisotopic (exact) mass is 272 g/mol. The van der Waals surface area contributed by atoms with Gasteiger partial charge in [-0.25, -0.2) is 14.4 Å². The minimum absolute atomic E-state index is 0.176. The second-order valence-corrected chi connectivity index (χ2v) is 3.76. The van der Waals surface area contributed by atoms with Crippen LogP contribution in [0.3, 0.4) is 0 Å². The average molecular weight is 272 g/mol. The fourth-order valence-corrected chi connectivity index (χ4v) is 1.52. The normalized spacial score (nSPS) is 11.6. The van der Waals surface area contributed by atoms with E-state index < -0.39 is 17.6 Å². The molecule has 19 heavy (non-hydrogen) atoms. The Morgan fingerprint density at radius 1 is 1.11 bits per heavy atom. The number of alkyl halides is 3. The van der Waals surface area contributed by atoms with E-state index in [0.717, 1.165) is 12.1 Å².